The Labute approximate surface area is 117 Å². The lowest BCUT2D eigenvalue weighted by Gasteiger charge is -2.18. The van der Waals surface area contributed by atoms with Crippen molar-refractivity contribution in [3.63, 3.8) is 0 Å². The van der Waals surface area contributed by atoms with Crippen LogP contribution in [0.1, 0.15) is 17.5 Å². The van der Waals surface area contributed by atoms with Gasteiger partial charge in [0.25, 0.3) is 0 Å². The first-order valence-corrected chi connectivity index (χ1v) is 6.32. The van der Waals surface area contributed by atoms with Crippen molar-refractivity contribution < 1.29 is 9.18 Å². The number of carbonyl (C=O) groups is 1. The largest absolute Gasteiger partial charge is 0.389 e. The number of nitrogens with one attached hydrogen (secondary N) is 1. The van der Waals surface area contributed by atoms with E-state index >= 15 is 0 Å². The van der Waals surface area contributed by atoms with Crippen LogP contribution in [0.5, 0.6) is 0 Å². The summed E-state index contributed by atoms with van der Waals surface area (Å²) in [6, 6.07) is 4.34. The Bertz CT molecular complexity index is 479. The molecule has 0 saturated carbocycles. The van der Waals surface area contributed by atoms with Gasteiger partial charge >= 0.3 is 0 Å². The number of benzene rings is 1. The van der Waals surface area contributed by atoms with Gasteiger partial charge in [-0.1, -0.05) is 12.2 Å². The monoisotopic (exact) mass is 283 g/mol. The first-order valence-electron chi connectivity index (χ1n) is 5.91. The highest BCUT2D eigenvalue weighted by Gasteiger charge is 2.10. The topological polar surface area (TPSA) is 58.4 Å². The van der Waals surface area contributed by atoms with Gasteiger partial charge in [-0.25, -0.2) is 4.39 Å². The summed E-state index contributed by atoms with van der Waals surface area (Å²) in [5, 5.41) is 2.56. The van der Waals surface area contributed by atoms with Crippen molar-refractivity contribution in [2.45, 2.75) is 13.0 Å². The molecular weight excluding hydrogens is 265 g/mol. The molecule has 0 unspecified atom stereocenters. The molecule has 0 radical (unpaired) electrons. The fraction of sp³-hybridized carbons (Fsp3) is 0.385. The smallest absolute Gasteiger partial charge is 0.221 e. The van der Waals surface area contributed by atoms with Crippen LogP contribution in [0.4, 0.5) is 4.39 Å². The Kier molecular flexibility index (Phi) is 5.85. The van der Waals surface area contributed by atoms with Crippen LogP contribution in [-0.2, 0) is 11.3 Å². The molecule has 19 heavy (non-hydrogen) atoms. The molecule has 6 heteroatoms. The van der Waals surface area contributed by atoms with Crippen molar-refractivity contribution in [2.75, 3.05) is 20.6 Å². The zero-order valence-corrected chi connectivity index (χ0v) is 11.9. The fourth-order valence-electron chi connectivity index (χ4n) is 1.72. The van der Waals surface area contributed by atoms with E-state index in [2.05, 4.69) is 5.32 Å². The average Bonchev–Trinajstić information content (AvgIpc) is 2.35. The molecule has 1 aromatic carbocycles. The lowest BCUT2D eigenvalue weighted by Crippen LogP contribution is -2.27. The molecule has 0 atom stereocenters. The molecule has 1 aromatic rings. The predicted octanol–water partition coefficient (Wildman–Crippen LogP) is 1.03. The number of carbonyl (C=O) groups excluding carboxylic acids is 1. The van der Waals surface area contributed by atoms with Crippen molar-refractivity contribution in [2.24, 2.45) is 5.73 Å². The highest BCUT2D eigenvalue weighted by Crippen LogP contribution is 2.13. The van der Waals surface area contributed by atoms with E-state index in [1.807, 2.05) is 11.9 Å². The van der Waals surface area contributed by atoms with Crippen LogP contribution < -0.4 is 11.1 Å². The molecule has 1 rings (SSSR count). The van der Waals surface area contributed by atoms with Gasteiger partial charge in [0.2, 0.25) is 5.91 Å². The maximum atomic E-state index is 13.3. The zero-order valence-electron chi connectivity index (χ0n) is 11.1. The van der Waals surface area contributed by atoms with Crippen LogP contribution >= 0.6 is 12.2 Å². The van der Waals surface area contributed by atoms with Crippen LogP contribution in [0.15, 0.2) is 18.2 Å². The number of nitrogens with two attached hydrogens (primary N) is 1. The lowest BCUT2D eigenvalue weighted by atomic mass is 10.1. The molecule has 0 aromatic heterocycles. The second-order valence-corrected chi connectivity index (χ2v) is 4.77. The molecule has 3 N–H and O–H groups in total. The molecule has 104 valence electrons. The molecule has 0 saturated heterocycles. The van der Waals surface area contributed by atoms with Crippen molar-refractivity contribution >= 4 is 23.1 Å². The molecule has 0 heterocycles. The summed E-state index contributed by atoms with van der Waals surface area (Å²) in [5.41, 5.74) is 7.01. The Morgan fingerprint density at radius 3 is 2.79 bits per heavy atom. The number of halogens is 1. The molecule has 0 bridgehead atoms. The molecule has 0 aliphatic heterocycles. The maximum Gasteiger partial charge on any atom is 0.221 e. The Morgan fingerprint density at radius 2 is 2.21 bits per heavy atom. The normalized spacial score (nSPS) is 10.5. The lowest BCUT2D eigenvalue weighted by molar-refractivity contribution is -0.120. The van der Waals surface area contributed by atoms with Crippen LogP contribution in [0.3, 0.4) is 0 Å². The number of amides is 1. The first-order chi connectivity index (χ1) is 8.93. The molecule has 1 amide bonds. The Balaban J connectivity index is 2.72. The molecule has 0 spiro atoms. The van der Waals surface area contributed by atoms with E-state index in [0.717, 1.165) is 5.56 Å². The summed E-state index contributed by atoms with van der Waals surface area (Å²) in [6.07, 6.45) is 0.394. The second kappa shape index (κ2) is 7.16. The van der Waals surface area contributed by atoms with E-state index in [-0.39, 0.29) is 16.7 Å². The van der Waals surface area contributed by atoms with E-state index in [9.17, 15) is 9.18 Å². The highest BCUT2D eigenvalue weighted by molar-refractivity contribution is 7.80. The third-order valence-electron chi connectivity index (χ3n) is 2.77. The second-order valence-electron chi connectivity index (χ2n) is 4.33. The van der Waals surface area contributed by atoms with Crippen molar-refractivity contribution in [1.29, 1.82) is 0 Å². The summed E-state index contributed by atoms with van der Waals surface area (Å²) in [6.45, 7) is 1.06. The number of thiocarbonyl (C=S) groups is 1. The SMILES string of the molecule is CNC(=O)CCN(C)Cc1cc(F)ccc1C(N)=S. The summed E-state index contributed by atoms with van der Waals surface area (Å²) < 4.78 is 13.3. The fourth-order valence-corrected chi connectivity index (χ4v) is 1.92. The third kappa shape index (κ3) is 4.92. The van der Waals surface area contributed by atoms with Gasteiger partial charge in [0.05, 0.1) is 0 Å². The van der Waals surface area contributed by atoms with Gasteiger partial charge in [-0.05, 0) is 30.8 Å². The molecule has 0 aliphatic rings. The van der Waals surface area contributed by atoms with Gasteiger partial charge in [0, 0.05) is 32.1 Å². The van der Waals surface area contributed by atoms with Gasteiger partial charge in [-0.15, -0.1) is 0 Å². The summed E-state index contributed by atoms with van der Waals surface area (Å²) >= 11 is 4.94. The number of hydrogen-bond donors (Lipinski definition) is 2. The van der Waals surface area contributed by atoms with Gasteiger partial charge in [-0.2, -0.15) is 0 Å². The molecule has 0 fully saturated rings. The van der Waals surface area contributed by atoms with E-state index in [0.29, 0.717) is 25.1 Å². The summed E-state index contributed by atoms with van der Waals surface area (Å²) in [7, 11) is 3.46. The van der Waals surface area contributed by atoms with E-state index < -0.39 is 0 Å². The molecule has 4 nitrogen and oxygen atoms in total. The van der Waals surface area contributed by atoms with Crippen molar-refractivity contribution in [3.8, 4) is 0 Å². The van der Waals surface area contributed by atoms with Gasteiger partial charge < -0.3 is 16.0 Å². The Hall–Kier alpha value is -1.53. The zero-order chi connectivity index (χ0) is 14.4. The number of rotatable bonds is 6. The first kappa shape index (κ1) is 15.5. The third-order valence-corrected chi connectivity index (χ3v) is 2.99. The van der Waals surface area contributed by atoms with Gasteiger partial charge in [-0.3, -0.25) is 4.79 Å². The van der Waals surface area contributed by atoms with Crippen LogP contribution in [0, 0.1) is 5.82 Å². The van der Waals surface area contributed by atoms with E-state index in [1.165, 1.54) is 12.1 Å². The minimum Gasteiger partial charge on any atom is -0.389 e. The standard InChI is InChI=1S/C13H18FN3OS/c1-16-12(18)5-6-17(2)8-9-7-10(14)3-4-11(9)13(15)19/h3-4,7H,5-6,8H2,1-2H3,(H2,15,19)(H,16,18). The van der Waals surface area contributed by atoms with Crippen LogP contribution in [0.2, 0.25) is 0 Å². The molecular formula is C13H18FN3OS. The number of nitrogens with zero attached hydrogens (tertiary/aromatic N) is 1. The minimum absolute atomic E-state index is 0.0272. The van der Waals surface area contributed by atoms with Gasteiger partial charge in [0.15, 0.2) is 0 Å². The van der Waals surface area contributed by atoms with E-state index in [4.69, 9.17) is 18.0 Å². The van der Waals surface area contributed by atoms with Crippen molar-refractivity contribution in [3.05, 3.63) is 35.1 Å². The summed E-state index contributed by atoms with van der Waals surface area (Å²) in [4.78, 5) is 13.3. The minimum atomic E-state index is -0.324. The molecule has 0 aliphatic carbocycles. The number of hydrogen-bond acceptors (Lipinski definition) is 3. The van der Waals surface area contributed by atoms with Crippen molar-refractivity contribution in [1.82, 2.24) is 10.2 Å². The highest BCUT2D eigenvalue weighted by atomic mass is 32.1. The quantitative estimate of drug-likeness (QED) is 0.766. The predicted molar refractivity (Wildman–Crippen MR) is 77.3 cm³/mol. The maximum absolute atomic E-state index is 13.3. The van der Waals surface area contributed by atoms with E-state index in [1.54, 1.807) is 13.1 Å². The van der Waals surface area contributed by atoms with Crippen LogP contribution in [0.25, 0.3) is 0 Å². The van der Waals surface area contributed by atoms with Gasteiger partial charge in [0.1, 0.15) is 10.8 Å². The average molecular weight is 283 g/mol. The Morgan fingerprint density at radius 1 is 1.53 bits per heavy atom. The van der Waals surface area contributed by atoms with Crippen LogP contribution in [-0.4, -0.2) is 36.4 Å². The summed E-state index contributed by atoms with van der Waals surface area (Å²) in [5.74, 6) is -0.352.